The van der Waals surface area contributed by atoms with E-state index in [0.29, 0.717) is 23.9 Å². The lowest BCUT2D eigenvalue weighted by molar-refractivity contribution is 0.157. The molecule has 0 heterocycles. The fourth-order valence-electron chi connectivity index (χ4n) is 1.20. The van der Waals surface area contributed by atoms with E-state index in [2.05, 4.69) is 22.6 Å². The third-order valence-electron chi connectivity index (χ3n) is 2.11. The fraction of sp³-hybridized carbons (Fsp3) is 0.364. The van der Waals surface area contributed by atoms with Crippen LogP contribution < -0.4 is 4.74 Å². The van der Waals surface area contributed by atoms with E-state index in [1.807, 2.05) is 19.9 Å². The van der Waals surface area contributed by atoms with Crippen molar-refractivity contribution in [2.24, 2.45) is 0 Å². The highest BCUT2D eigenvalue weighted by Gasteiger charge is 2.13. The second kappa shape index (κ2) is 6.30. The van der Waals surface area contributed by atoms with Crippen LogP contribution in [0.4, 0.5) is 4.79 Å². The van der Waals surface area contributed by atoms with Gasteiger partial charge in [0, 0.05) is 24.2 Å². The highest BCUT2D eigenvalue weighted by atomic mass is 127. The lowest BCUT2D eigenvalue weighted by Crippen LogP contribution is -2.33. The Bertz CT molecular complexity index is 380. The summed E-state index contributed by atoms with van der Waals surface area (Å²) < 4.78 is 6.13. The highest BCUT2D eigenvalue weighted by Crippen LogP contribution is 2.25. The van der Waals surface area contributed by atoms with Gasteiger partial charge in [-0.1, -0.05) is 11.6 Å². The van der Waals surface area contributed by atoms with E-state index in [1.165, 1.54) is 0 Å². The predicted molar refractivity (Wildman–Crippen MR) is 73.1 cm³/mol. The average Bonchev–Trinajstić information content (AvgIpc) is 2.25. The molecule has 0 fully saturated rings. The monoisotopic (exact) mass is 353 g/mol. The summed E-state index contributed by atoms with van der Waals surface area (Å²) in [6, 6.07) is 5.22. The third kappa shape index (κ3) is 3.52. The molecule has 0 bridgehead atoms. The average molecular weight is 354 g/mol. The van der Waals surface area contributed by atoms with E-state index in [1.54, 1.807) is 17.0 Å². The SMILES string of the molecule is CCN(CC)C(=O)Oc1cc(Cl)ccc1I. The lowest BCUT2D eigenvalue weighted by atomic mass is 10.3. The molecule has 0 atom stereocenters. The van der Waals surface area contributed by atoms with E-state index in [0.717, 1.165) is 3.57 Å². The number of nitrogens with zero attached hydrogens (tertiary/aromatic N) is 1. The maximum Gasteiger partial charge on any atom is 0.415 e. The lowest BCUT2D eigenvalue weighted by Gasteiger charge is -2.18. The Morgan fingerprint density at radius 3 is 2.62 bits per heavy atom. The maximum absolute atomic E-state index is 11.7. The van der Waals surface area contributed by atoms with Crippen LogP contribution >= 0.6 is 34.2 Å². The Morgan fingerprint density at radius 2 is 2.06 bits per heavy atom. The second-order valence-electron chi connectivity index (χ2n) is 3.12. The highest BCUT2D eigenvalue weighted by molar-refractivity contribution is 14.1. The summed E-state index contributed by atoms with van der Waals surface area (Å²) in [5, 5.41) is 0.558. The standard InChI is InChI=1S/C11H13ClINO2/c1-3-14(4-2)11(15)16-10-7-8(12)5-6-9(10)13/h5-7H,3-4H2,1-2H3. The Balaban J connectivity index is 2.80. The van der Waals surface area contributed by atoms with Crippen LogP contribution in [-0.2, 0) is 0 Å². The van der Waals surface area contributed by atoms with Crippen LogP contribution in [0.15, 0.2) is 18.2 Å². The van der Waals surface area contributed by atoms with Gasteiger partial charge in [0.1, 0.15) is 5.75 Å². The first kappa shape index (κ1) is 13.6. The summed E-state index contributed by atoms with van der Waals surface area (Å²) >= 11 is 7.94. The molecule has 1 amide bonds. The molecule has 1 rings (SSSR count). The molecule has 3 nitrogen and oxygen atoms in total. The topological polar surface area (TPSA) is 29.5 Å². The van der Waals surface area contributed by atoms with Gasteiger partial charge in [0.25, 0.3) is 0 Å². The van der Waals surface area contributed by atoms with Crippen molar-refractivity contribution >= 4 is 40.3 Å². The van der Waals surface area contributed by atoms with Gasteiger partial charge >= 0.3 is 6.09 Å². The molecule has 0 spiro atoms. The number of hydrogen-bond donors (Lipinski definition) is 0. The second-order valence-corrected chi connectivity index (χ2v) is 4.71. The van der Waals surface area contributed by atoms with Gasteiger partial charge in [-0.3, -0.25) is 0 Å². The molecule has 0 unspecified atom stereocenters. The first-order chi connectivity index (χ1) is 7.58. The molecular formula is C11H13ClINO2. The number of hydrogen-bond acceptors (Lipinski definition) is 2. The summed E-state index contributed by atoms with van der Waals surface area (Å²) in [5.74, 6) is 0.505. The molecule has 0 aliphatic carbocycles. The zero-order chi connectivity index (χ0) is 12.1. The van der Waals surface area contributed by atoms with E-state index in [9.17, 15) is 4.79 Å². The van der Waals surface area contributed by atoms with Gasteiger partial charge in [0.2, 0.25) is 0 Å². The number of ether oxygens (including phenoxy) is 1. The van der Waals surface area contributed by atoms with Crippen molar-refractivity contribution in [3.8, 4) is 5.75 Å². The van der Waals surface area contributed by atoms with Crippen molar-refractivity contribution in [1.29, 1.82) is 0 Å². The van der Waals surface area contributed by atoms with Gasteiger partial charge in [-0.05, 0) is 48.6 Å². The molecule has 0 aliphatic rings. The number of carbonyl (C=O) groups is 1. The van der Waals surface area contributed by atoms with Crippen LogP contribution in [0.5, 0.6) is 5.75 Å². The first-order valence-corrected chi connectivity index (χ1v) is 6.46. The molecule has 0 N–H and O–H groups in total. The molecule has 0 saturated carbocycles. The van der Waals surface area contributed by atoms with Gasteiger partial charge in [0.05, 0.1) is 3.57 Å². The van der Waals surface area contributed by atoms with Crippen LogP contribution in [-0.4, -0.2) is 24.1 Å². The summed E-state index contributed by atoms with van der Waals surface area (Å²) in [6.07, 6.45) is -0.342. The minimum Gasteiger partial charge on any atom is -0.409 e. The summed E-state index contributed by atoms with van der Waals surface area (Å²) in [4.78, 5) is 13.3. The van der Waals surface area contributed by atoms with Crippen LogP contribution in [0, 0.1) is 3.57 Å². The summed E-state index contributed by atoms with van der Waals surface area (Å²) in [6.45, 7) is 5.08. The van der Waals surface area contributed by atoms with Gasteiger partial charge in [-0.2, -0.15) is 0 Å². The zero-order valence-corrected chi connectivity index (χ0v) is 12.1. The molecule has 1 aromatic rings. The number of benzene rings is 1. The van der Waals surface area contributed by atoms with Gasteiger partial charge in [-0.25, -0.2) is 4.79 Å². The van der Waals surface area contributed by atoms with Crippen molar-refractivity contribution in [2.45, 2.75) is 13.8 Å². The normalized spacial score (nSPS) is 10.0. The quantitative estimate of drug-likeness (QED) is 0.774. The minimum atomic E-state index is -0.342. The molecular weight excluding hydrogens is 340 g/mol. The molecule has 0 radical (unpaired) electrons. The van der Waals surface area contributed by atoms with Crippen molar-refractivity contribution in [3.05, 3.63) is 26.8 Å². The Hall–Kier alpha value is -0.490. The van der Waals surface area contributed by atoms with E-state index in [4.69, 9.17) is 16.3 Å². The van der Waals surface area contributed by atoms with Crippen molar-refractivity contribution in [3.63, 3.8) is 0 Å². The fourth-order valence-corrected chi connectivity index (χ4v) is 1.80. The number of carbonyl (C=O) groups excluding carboxylic acids is 1. The number of halogens is 2. The van der Waals surface area contributed by atoms with Crippen molar-refractivity contribution < 1.29 is 9.53 Å². The van der Waals surface area contributed by atoms with Crippen LogP contribution in [0.1, 0.15) is 13.8 Å². The smallest absolute Gasteiger partial charge is 0.409 e. The molecule has 0 aromatic heterocycles. The van der Waals surface area contributed by atoms with Crippen molar-refractivity contribution in [2.75, 3.05) is 13.1 Å². The number of rotatable bonds is 3. The van der Waals surface area contributed by atoms with Gasteiger partial charge < -0.3 is 9.64 Å². The minimum absolute atomic E-state index is 0.342. The largest absolute Gasteiger partial charge is 0.415 e. The molecule has 0 aliphatic heterocycles. The Morgan fingerprint density at radius 1 is 1.44 bits per heavy atom. The molecule has 0 saturated heterocycles. The third-order valence-corrected chi connectivity index (χ3v) is 3.24. The zero-order valence-electron chi connectivity index (χ0n) is 9.17. The van der Waals surface area contributed by atoms with E-state index >= 15 is 0 Å². The van der Waals surface area contributed by atoms with Gasteiger partial charge in [-0.15, -0.1) is 0 Å². The van der Waals surface area contributed by atoms with Gasteiger partial charge in [0.15, 0.2) is 0 Å². The summed E-state index contributed by atoms with van der Waals surface area (Å²) in [5.41, 5.74) is 0. The Labute approximate surface area is 114 Å². The van der Waals surface area contributed by atoms with E-state index < -0.39 is 0 Å². The molecule has 5 heteroatoms. The summed E-state index contributed by atoms with van der Waals surface area (Å²) in [7, 11) is 0. The van der Waals surface area contributed by atoms with Crippen LogP contribution in [0.3, 0.4) is 0 Å². The molecule has 1 aromatic carbocycles. The molecule has 88 valence electrons. The molecule has 16 heavy (non-hydrogen) atoms. The van der Waals surface area contributed by atoms with Crippen LogP contribution in [0.2, 0.25) is 5.02 Å². The van der Waals surface area contributed by atoms with Crippen LogP contribution in [0.25, 0.3) is 0 Å². The maximum atomic E-state index is 11.7. The number of amides is 1. The first-order valence-electron chi connectivity index (χ1n) is 5.00. The van der Waals surface area contributed by atoms with E-state index in [-0.39, 0.29) is 6.09 Å². The Kier molecular flexibility index (Phi) is 5.34. The van der Waals surface area contributed by atoms with Crippen molar-refractivity contribution in [1.82, 2.24) is 4.90 Å². The predicted octanol–water partition coefficient (Wildman–Crippen LogP) is 3.79.